The fourth-order valence-corrected chi connectivity index (χ4v) is 1.48. The molecule has 1 heterocycles. The summed E-state index contributed by atoms with van der Waals surface area (Å²) >= 11 is 0. The average Bonchev–Trinajstić information content (AvgIpc) is 2.17. The summed E-state index contributed by atoms with van der Waals surface area (Å²) in [5.41, 5.74) is -0.0565. The molecule has 2 aromatic rings. The number of benzene rings is 1. The lowest BCUT2D eigenvalue weighted by molar-refractivity contribution is 0.101. The first-order chi connectivity index (χ1) is 7.11. The van der Waals surface area contributed by atoms with Gasteiger partial charge in [0.1, 0.15) is 11.3 Å². The number of carbonyl (C=O) groups excluding carboxylic acids is 1. The molecule has 4 nitrogen and oxygen atoms in total. The third kappa shape index (κ3) is 1.40. The fraction of sp³-hybridized carbons (Fsp3) is 0.0909. The van der Waals surface area contributed by atoms with Crippen LogP contribution < -0.4 is 5.43 Å². The maximum absolute atomic E-state index is 11.4. The molecule has 0 bridgehead atoms. The van der Waals surface area contributed by atoms with Gasteiger partial charge >= 0.3 is 0 Å². The Balaban J connectivity index is 3.01. The maximum Gasteiger partial charge on any atom is 0.192 e. The molecule has 1 aromatic carbocycles. The standard InChI is InChI=1S/C11H8O4/c1-6(12)10-9(14)3-2-7-8(13)4-5-15-11(7)10/h2-5,14H,1H3. The van der Waals surface area contributed by atoms with Crippen LogP contribution in [0.3, 0.4) is 0 Å². The molecule has 0 amide bonds. The van der Waals surface area contributed by atoms with E-state index in [0.717, 1.165) is 0 Å². The zero-order valence-electron chi connectivity index (χ0n) is 7.98. The molecular formula is C11H8O4. The first-order valence-corrected chi connectivity index (χ1v) is 4.35. The first kappa shape index (κ1) is 9.45. The normalized spacial score (nSPS) is 10.5. The highest BCUT2D eigenvalue weighted by molar-refractivity contribution is 6.07. The molecule has 0 aliphatic carbocycles. The van der Waals surface area contributed by atoms with Crippen LogP contribution >= 0.6 is 0 Å². The molecule has 15 heavy (non-hydrogen) atoms. The number of Topliss-reactive ketones (excluding diaryl/α,β-unsaturated/α-hetero) is 1. The minimum Gasteiger partial charge on any atom is -0.507 e. The maximum atomic E-state index is 11.4. The lowest BCUT2D eigenvalue weighted by atomic mass is 10.1. The number of carbonyl (C=O) groups is 1. The second-order valence-corrected chi connectivity index (χ2v) is 3.18. The summed E-state index contributed by atoms with van der Waals surface area (Å²) in [6.45, 7) is 1.31. The molecule has 76 valence electrons. The highest BCUT2D eigenvalue weighted by Crippen LogP contribution is 2.25. The van der Waals surface area contributed by atoms with E-state index in [1.807, 2.05) is 0 Å². The zero-order valence-corrected chi connectivity index (χ0v) is 7.98. The number of rotatable bonds is 1. The molecular weight excluding hydrogens is 196 g/mol. The summed E-state index contributed by atoms with van der Waals surface area (Å²) in [5, 5.41) is 9.78. The van der Waals surface area contributed by atoms with Crippen molar-refractivity contribution in [1.82, 2.24) is 0 Å². The van der Waals surface area contributed by atoms with Gasteiger partial charge in [-0.25, -0.2) is 0 Å². The van der Waals surface area contributed by atoms with Crippen molar-refractivity contribution in [2.45, 2.75) is 6.92 Å². The van der Waals surface area contributed by atoms with Crippen LogP contribution in [0.15, 0.2) is 33.7 Å². The Morgan fingerprint density at radius 3 is 2.73 bits per heavy atom. The Kier molecular flexibility index (Phi) is 2.04. The Labute approximate surface area is 84.8 Å². The number of ketones is 1. The van der Waals surface area contributed by atoms with E-state index < -0.39 is 0 Å². The molecule has 0 spiro atoms. The second kappa shape index (κ2) is 3.24. The predicted molar refractivity (Wildman–Crippen MR) is 54.2 cm³/mol. The summed E-state index contributed by atoms with van der Waals surface area (Å²) in [4.78, 5) is 22.7. The van der Waals surface area contributed by atoms with E-state index in [9.17, 15) is 14.7 Å². The van der Waals surface area contributed by atoms with Gasteiger partial charge in [0, 0.05) is 6.07 Å². The monoisotopic (exact) mass is 204 g/mol. The summed E-state index contributed by atoms with van der Waals surface area (Å²) < 4.78 is 5.08. The molecule has 1 N–H and O–H groups in total. The molecule has 0 aliphatic heterocycles. The number of hydrogen-bond acceptors (Lipinski definition) is 4. The molecule has 0 radical (unpaired) electrons. The van der Waals surface area contributed by atoms with E-state index in [2.05, 4.69) is 0 Å². The smallest absolute Gasteiger partial charge is 0.192 e. The summed E-state index contributed by atoms with van der Waals surface area (Å²) in [7, 11) is 0. The van der Waals surface area contributed by atoms with Crippen LogP contribution in [0.5, 0.6) is 5.75 Å². The minimum atomic E-state index is -0.340. The van der Waals surface area contributed by atoms with E-state index in [-0.39, 0.29) is 28.1 Å². The largest absolute Gasteiger partial charge is 0.507 e. The fourth-order valence-electron chi connectivity index (χ4n) is 1.48. The molecule has 2 rings (SSSR count). The number of aromatic hydroxyl groups is 1. The van der Waals surface area contributed by atoms with Crippen molar-refractivity contribution in [3.05, 3.63) is 40.2 Å². The quantitative estimate of drug-likeness (QED) is 0.718. The highest BCUT2D eigenvalue weighted by atomic mass is 16.3. The van der Waals surface area contributed by atoms with Gasteiger partial charge in [0.25, 0.3) is 0 Å². The van der Waals surface area contributed by atoms with E-state index in [0.29, 0.717) is 5.39 Å². The SMILES string of the molecule is CC(=O)c1c(O)ccc2c(=O)ccoc12. The summed E-state index contributed by atoms with van der Waals surface area (Å²) in [6, 6.07) is 4.02. The summed E-state index contributed by atoms with van der Waals surface area (Å²) in [5.74, 6) is -0.517. The minimum absolute atomic E-state index is 0.0465. The topological polar surface area (TPSA) is 67.5 Å². The van der Waals surface area contributed by atoms with E-state index in [1.165, 1.54) is 31.4 Å². The van der Waals surface area contributed by atoms with E-state index in [4.69, 9.17) is 4.42 Å². The van der Waals surface area contributed by atoms with Gasteiger partial charge in [-0.1, -0.05) is 0 Å². The van der Waals surface area contributed by atoms with E-state index in [1.54, 1.807) is 0 Å². The molecule has 1 aromatic heterocycles. The van der Waals surface area contributed by atoms with Gasteiger partial charge in [0.2, 0.25) is 0 Å². The van der Waals surface area contributed by atoms with Crippen LogP contribution in [0.2, 0.25) is 0 Å². The van der Waals surface area contributed by atoms with Crippen LogP contribution in [0.25, 0.3) is 11.0 Å². The van der Waals surface area contributed by atoms with Crippen molar-refractivity contribution in [3.63, 3.8) is 0 Å². The Hall–Kier alpha value is -2.10. The second-order valence-electron chi connectivity index (χ2n) is 3.18. The van der Waals surface area contributed by atoms with Crippen LogP contribution in [0, 0.1) is 0 Å². The van der Waals surface area contributed by atoms with Gasteiger partial charge in [-0.05, 0) is 19.1 Å². The predicted octanol–water partition coefficient (Wildman–Crippen LogP) is 1.70. The third-order valence-electron chi connectivity index (χ3n) is 2.16. The molecule has 0 unspecified atom stereocenters. The molecule has 0 saturated carbocycles. The number of hydrogen-bond donors (Lipinski definition) is 1. The van der Waals surface area contributed by atoms with Gasteiger partial charge in [-0.15, -0.1) is 0 Å². The number of phenols is 1. The number of phenolic OH excluding ortho intramolecular Hbond substituents is 1. The van der Waals surface area contributed by atoms with Crippen LogP contribution in [-0.4, -0.2) is 10.9 Å². The van der Waals surface area contributed by atoms with Gasteiger partial charge in [0.05, 0.1) is 11.6 Å². The van der Waals surface area contributed by atoms with Gasteiger partial charge in [0.15, 0.2) is 16.8 Å². The lowest BCUT2D eigenvalue weighted by Gasteiger charge is -2.03. The molecule has 0 atom stereocenters. The third-order valence-corrected chi connectivity index (χ3v) is 2.16. The van der Waals surface area contributed by atoms with Crippen molar-refractivity contribution >= 4 is 16.8 Å². The Morgan fingerprint density at radius 1 is 1.33 bits per heavy atom. The first-order valence-electron chi connectivity index (χ1n) is 4.35. The summed E-state index contributed by atoms with van der Waals surface area (Å²) in [6.07, 6.45) is 1.20. The zero-order chi connectivity index (χ0) is 11.0. The van der Waals surface area contributed by atoms with Gasteiger partial charge in [-0.2, -0.15) is 0 Å². The Bertz CT molecular complexity index is 595. The molecule has 0 aliphatic rings. The van der Waals surface area contributed by atoms with Crippen LogP contribution in [0.4, 0.5) is 0 Å². The van der Waals surface area contributed by atoms with Crippen LogP contribution in [-0.2, 0) is 0 Å². The van der Waals surface area contributed by atoms with Gasteiger partial charge in [-0.3, -0.25) is 9.59 Å². The molecule has 4 heteroatoms. The molecule has 0 fully saturated rings. The van der Waals surface area contributed by atoms with Crippen molar-refractivity contribution < 1.29 is 14.3 Å². The van der Waals surface area contributed by atoms with Crippen molar-refractivity contribution in [1.29, 1.82) is 0 Å². The van der Waals surface area contributed by atoms with Gasteiger partial charge < -0.3 is 9.52 Å². The lowest BCUT2D eigenvalue weighted by Crippen LogP contribution is -2.02. The number of fused-ring (bicyclic) bond motifs is 1. The molecule has 0 saturated heterocycles. The van der Waals surface area contributed by atoms with E-state index >= 15 is 0 Å². The average molecular weight is 204 g/mol. The van der Waals surface area contributed by atoms with Crippen LogP contribution in [0.1, 0.15) is 17.3 Å². The highest BCUT2D eigenvalue weighted by Gasteiger charge is 2.14. The van der Waals surface area contributed by atoms with Crippen molar-refractivity contribution in [2.75, 3.05) is 0 Å². The van der Waals surface area contributed by atoms with Crippen molar-refractivity contribution in [3.8, 4) is 5.75 Å². The van der Waals surface area contributed by atoms with Crippen molar-refractivity contribution in [2.24, 2.45) is 0 Å². The Morgan fingerprint density at radius 2 is 2.07 bits per heavy atom.